The molecule has 0 fully saturated rings. The van der Waals surface area contributed by atoms with E-state index in [1.54, 1.807) is 6.20 Å². The van der Waals surface area contributed by atoms with Crippen LogP contribution in [0, 0.1) is 0 Å². The number of nitrogens with zero attached hydrogens (tertiary/aromatic N) is 2. The van der Waals surface area contributed by atoms with E-state index in [0.29, 0.717) is 6.04 Å². The molecule has 0 rings (SSSR count). The standard InChI is InChI=1S/C8H16N2/c1-5-9-7-10(6-2)8(3)4/h5,7-8H,1,6H2,2-4H3/b9-7-. The maximum Gasteiger partial charge on any atom is 0.0906 e. The highest BCUT2D eigenvalue weighted by atomic mass is 15.2. The van der Waals surface area contributed by atoms with Crippen molar-refractivity contribution in [2.24, 2.45) is 4.99 Å². The summed E-state index contributed by atoms with van der Waals surface area (Å²) in [6.45, 7) is 10.9. The van der Waals surface area contributed by atoms with Crippen molar-refractivity contribution in [2.45, 2.75) is 26.8 Å². The molecule has 0 saturated carbocycles. The Balaban J connectivity index is 3.82. The highest BCUT2D eigenvalue weighted by Gasteiger charge is 1.99. The van der Waals surface area contributed by atoms with Gasteiger partial charge in [-0.15, -0.1) is 0 Å². The summed E-state index contributed by atoms with van der Waals surface area (Å²) in [6.07, 6.45) is 3.36. The van der Waals surface area contributed by atoms with Gasteiger partial charge in [-0.1, -0.05) is 6.58 Å². The van der Waals surface area contributed by atoms with Gasteiger partial charge in [0.05, 0.1) is 6.34 Å². The lowest BCUT2D eigenvalue weighted by Crippen LogP contribution is -2.28. The van der Waals surface area contributed by atoms with Crippen molar-refractivity contribution in [3.05, 3.63) is 12.8 Å². The maximum absolute atomic E-state index is 3.93. The van der Waals surface area contributed by atoms with Gasteiger partial charge in [-0.25, -0.2) is 4.99 Å². The molecule has 0 bridgehead atoms. The molecule has 0 aromatic rings. The zero-order valence-electron chi connectivity index (χ0n) is 7.04. The first-order valence-corrected chi connectivity index (χ1v) is 3.62. The molecule has 0 heterocycles. The molecule has 0 saturated heterocycles. The zero-order chi connectivity index (χ0) is 7.98. The Hall–Kier alpha value is -0.790. The largest absolute Gasteiger partial charge is 0.360 e. The monoisotopic (exact) mass is 140 g/mol. The SMILES string of the molecule is C=C/N=C\N(CC)C(C)C. The van der Waals surface area contributed by atoms with Gasteiger partial charge in [0.1, 0.15) is 0 Å². The van der Waals surface area contributed by atoms with E-state index in [2.05, 4.69) is 37.2 Å². The minimum absolute atomic E-state index is 0.522. The first-order valence-electron chi connectivity index (χ1n) is 3.62. The molecule has 0 aromatic heterocycles. The summed E-state index contributed by atoms with van der Waals surface area (Å²) < 4.78 is 0. The fourth-order valence-corrected chi connectivity index (χ4v) is 0.713. The van der Waals surface area contributed by atoms with Gasteiger partial charge in [0.25, 0.3) is 0 Å². The number of rotatable bonds is 4. The van der Waals surface area contributed by atoms with Gasteiger partial charge in [0.2, 0.25) is 0 Å². The van der Waals surface area contributed by atoms with E-state index in [4.69, 9.17) is 0 Å². The van der Waals surface area contributed by atoms with Crippen LogP contribution in [-0.4, -0.2) is 23.8 Å². The third-order valence-electron chi connectivity index (χ3n) is 1.35. The molecular weight excluding hydrogens is 124 g/mol. The molecule has 0 unspecified atom stereocenters. The number of hydrogen-bond donors (Lipinski definition) is 0. The third kappa shape index (κ3) is 3.28. The van der Waals surface area contributed by atoms with E-state index in [0.717, 1.165) is 6.54 Å². The predicted molar refractivity (Wildman–Crippen MR) is 46.2 cm³/mol. The number of aliphatic imine (C=N–C) groups is 1. The van der Waals surface area contributed by atoms with Crippen LogP contribution in [0.3, 0.4) is 0 Å². The van der Waals surface area contributed by atoms with Crippen molar-refractivity contribution in [3.63, 3.8) is 0 Å². The molecule has 0 aliphatic carbocycles. The van der Waals surface area contributed by atoms with Crippen LogP contribution >= 0.6 is 0 Å². The van der Waals surface area contributed by atoms with Gasteiger partial charge in [-0.05, 0) is 20.8 Å². The highest BCUT2D eigenvalue weighted by Crippen LogP contribution is 1.92. The minimum Gasteiger partial charge on any atom is -0.360 e. The average molecular weight is 140 g/mol. The lowest BCUT2D eigenvalue weighted by Gasteiger charge is -2.21. The second kappa shape index (κ2) is 5.03. The first-order chi connectivity index (χ1) is 4.72. The van der Waals surface area contributed by atoms with Crippen molar-refractivity contribution in [3.8, 4) is 0 Å². The lowest BCUT2D eigenvalue weighted by atomic mass is 10.3. The summed E-state index contributed by atoms with van der Waals surface area (Å²) in [5, 5.41) is 0. The molecule has 0 radical (unpaired) electrons. The molecule has 0 aromatic carbocycles. The van der Waals surface area contributed by atoms with Crippen molar-refractivity contribution in [1.29, 1.82) is 0 Å². The van der Waals surface area contributed by atoms with Gasteiger partial charge in [0.15, 0.2) is 0 Å². The Morgan fingerprint density at radius 3 is 2.50 bits per heavy atom. The van der Waals surface area contributed by atoms with Crippen LogP contribution in [0.2, 0.25) is 0 Å². The summed E-state index contributed by atoms with van der Waals surface area (Å²) in [6, 6.07) is 0.522. The van der Waals surface area contributed by atoms with E-state index >= 15 is 0 Å². The van der Waals surface area contributed by atoms with E-state index in [1.165, 1.54) is 0 Å². The molecule has 0 atom stereocenters. The molecule has 0 aliphatic rings. The van der Waals surface area contributed by atoms with E-state index in [1.807, 2.05) is 6.34 Å². The highest BCUT2D eigenvalue weighted by molar-refractivity contribution is 5.55. The van der Waals surface area contributed by atoms with Gasteiger partial charge in [-0.2, -0.15) is 0 Å². The fraction of sp³-hybridized carbons (Fsp3) is 0.625. The van der Waals surface area contributed by atoms with Crippen LogP contribution in [0.5, 0.6) is 0 Å². The van der Waals surface area contributed by atoms with Crippen LogP contribution in [0.25, 0.3) is 0 Å². The number of hydrogen-bond acceptors (Lipinski definition) is 1. The topological polar surface area (TPSA) is 15.6 Å². The lowest BCUT2D eigenvalue weighted by molar-refractivity contribution is 0.378. The molecule has 0 amide bonds. The van der Waals surface area contributed by atoms with Crippen molar-refractivity contribution in [1.82, 2.24) is 4.90 Å². The Kier molecular flexibility index (Phi) is 4.63. The molecule has 2 heteroatoms. The second-order valence-corrected chi connectivity index (χ2v) is 2.37. The fourth-order valence-electron chi connectivity index (χ4n) is 0.713. The van der Waals surface area contributed by atoms with Crippen LogP contribution < -0.4 is 0 Å². The van der Waals surface area contributed by atoms with Gasteiger partial charge >= 0.3 is 0 Å². The summed E-state index contributed by atoms with van der Waals surface area (Å²) in [4.78, 5) is 6.07. The summed E-state index contributed by atoms with van der Waals surface area (Å²) in [5.41, 5.74) is 0. The van der Waals surface area contributed by atoms with Crippen molar-refractivity contribution < 1.29 is 0 Å². The Morgan fingerprint density at radius 2 is 2.20 bits per heavy atom. The zero-order valence-corrected chi connectivity index (χ0v) is 7.04. The van der Waals surface area contributed by atoms with Crippen LogP contribution in [0.15, 0.2) is 17.8 Å². The van der Waals surface area contributed by atoms with Gasteiger partial charge in [0, 0.05) is 18.8 Å². The quantitative estimate of drug-likeness (QED) is 0.430. The summed E-state index contributed by atoms with van der Waals surface area (Å²) in [7, 11) is 0. The summed E-state index contributed by atoms with van der Waals surface area (Å²) >= 11 is 0. The predicted octanol–water partition coefficient (Wildman–Crippen LogP) is 1.89. The van der Waals surface area contributed by atoms with Gasteiger partial charge < -0.3 is 4.90 Å². The molecule has 58 valence electrons. The molecule has 2 nitrogen and oxygen atoms in total. The molecule has 0 N–H and O–H groups in total. The Morgan fingerprint density at radius 1 is 1.60 bits per heavy atom. The third-order valence-corrected chi connectivity index (χ3v) is 1.35. The maximum atomic E-state index is 3.93. The Labute approximate surface area is 63.3 Å². The van der Waals surface area contributed by atoms with Crippen molar-refractivity contribution in [2.75, 3.05) is 6.54 Å². The van der Waals surface area contributed by atoms with Crippen LogP contribution in [0.4, 0.5) is 0 Å². The van der Waals surface area contributed by atoms with Crippen LogP contribution in [-0.2, 0) is 0 Å². The Bertz CT molecular complexity index is 116. The van der Waals surface area contributed by atoms with Crippen LogP contribution in [0.1, 0.15) is 20.8 Å². The average Bonchev–Trinajstić information content (AvgIpc) is 1.89. The normalized spacial score (nSPS) is 10.8. The van der Waals surface area contributed by atoms with Crippen molar-refractivity contribution >= 4 is 6.34 Å². The summed E-state index contributed by atoms with van der Waals surface area (Å²) in [5.74, 6) is 0. The molecule has 10 heavy (non-hydrogen) atoms. The first kappa shape index (κ1) is 9.21. The van der Waals surface area contributed by atoms with E-state index in [-0.39, 0.29) is 0 Å². The minimum atomic E-state index is 0.522. The second-order valence-electron chi connectivity index (χ2n) is 2.37. The molecular formula is C8H16N2. The van der Waals surface area contributed by atoms with Gasteiger partial charge in [-0.3, -0.25) is 0 Å². The molecule has 0 spiro atoms. The smallest absolute Gasteiger partial charge is 0.0906 e. The van der Waals surface area contributed by atoms with E-state index < -0.39 is 0 Å². The molecule has 0 aliphatic heterocycles. The van der Waals surface area contributed by atoms with E-state index in [9.17, 15) is 0 Å².